The molecule has 3 aliphatic rings. The lowest BCUT2D eigenvalue weighted by atomic mass is 9.69. The minimum absolute atomic E-state index is 0.0690. The number of carbonyl (C=O) groups excluding carboxylic acids is 2. The molecule has 9 heteroatoms. The fraction of sp³-hybridized carbons (Fsp3) is 0.333. The summed E-state index contributed by atoms with van der Waals surface area (Å²) >= 11 is 0. The van der Waals surface area contributed by atoms with Crippen LogP contribution in [0.4, 0.5) is 5.82 Å². The van der Waals surface area contributed by atoms with Crippen molar-refractivity contribution in [2.75, 3.05) is 20.3 Å². The van der Waals surface area contributed by atoms with Gasteiger partial charge in [0.1, 0.15) is 17.3 Å². The van der Waals surface area contributed by atoms with Crippen LogP contribution in [-0.4, -0.2) is 52.1 Å². The number of aromatic amines is 1. The van der Waals surface area contributed by atoms with E-state index in [1.54, 1.807) is 18.3 Å². The number of benzene rings is 3. The van der Waals surface area contributed by atoms with E-state index in [-0.39, 0.29) is 60.9 Å². The fourth-order valence-electron chi connectivity index (χ4n) is 9.12. The van der Waals surface area contributed by atoms with Crippen LogP contribution in [0.2, 0.25) is 0 Å². The summed E-state index contributed by atoms with van der Waals surface area (Å²) in [6, 6.07) is 19.8. The summed E-state index contributed by atoms with van der Waals surface area (Å²) in [6.07, 6.45) is 15.0. The number of rotatable bonds is 6. The van der Waals surface area contributed by atoms with Crippen LogP contribution >= 0.6 is 0 Å². The van der Waals surface area contributed by atoms with Gasteiger partial charge in [-0.1, -0.05) is 89.9 Å². The van der Waals surface area contributed by atoms with Crippen molar-refractivity contribution in [2.45, 2.75) is 70.1 Å². The van der Waals surface area contributed by atoms with Gasteiger partial charge in [-0.15, -0.1) is 5.69 Å². The fourth-order valence-corrected chi connectivity index (χ4v) is 9.12. The highest BCUT2D eigenvalue weighted by atomic mass is 16.5. The predicted molar refractivity (Wildman–Crippen MR) is 221 cm³/mol. The molecular weight excluding hydrogens is 715 g/mol. The smallest absolute Gasteiger partial charge is 0.161 e. The quantitative estimate of drug-likeness (QED) is 0.127. The first-order chi connectivity index (χ1) is 27.8. The standard InChI is InChI=1S/C48H49N3O6/c1-57-45-24-31-9-13-38(53)27-44(55)46-37(26-42-40(16-18-49-42)41(46)23-29-7-12-33-4-2-6-43(54)39(33)14-10-29)28-51-48-34(15-17-50-48)25-35-20-30(21-36(22-31)47(45)56)8-11-32(35)5-3-19-52/h2,4,6,8,10-11,14-18,20,22,24,26,29,41,46,50,52,54,56H,3,5,7,9,12-13,19,21,23,25,27-28H2,1H3/q-2. The van der Waals surface area contributed by atoms with E-state index in [9.17, 15) is 24.9 Å². The van der Waals surface area contributed by atoms with Crippen molar-refractivity contribution in [2.24, 2.45) is 11.8 Å². The first-order valence-corrected chi connectivity index (χ1v) is 20.1. The molecule has 2 aliphatic carbocycles. The highest BCUT2D eigenvalue weighted by Crippen LogP contribution is 2.46. The number of hydrogen-bond acceptors (Lipinski definition) is 6. The molecule has 0 saturated carbocycles. The van der Waals surface area contributed by atoms with Crippen molar-refractivity contribution in [3.63, 3.8) is 0 Å². The van der Waals surface area contributed by atoms with Gasteiger partial charge in [0.05, 0.1) is 13.5 Å². The van der Waals surface area contributed by atoms with Gasteiger partial charge < -0.3 is 35.3 Å². The second-order valence-electron chi connectivity index (χ2n) is 15.8. The number of nitrogens with zero attached hydrogens (tertiary/aromatic N) is 2. The SMILES string of the molecule is COc1cc2cc(c1O)Cc1ccc(CCCO)c(c1)Cc1cc[nH]c1[N-]CC1=Cc3[n-]ccc3C(CC3C=Cc4c(O)cccc4CC3)C1C(=O)CC(=O)CC2. The molecule has 2 aromatic heterocycles. The maximum atomic E-state index is 14.7. The van der Waals surface area contributed by atoms with Gasteiger partial charge in [0.15, 0.2) is 11.5 Å². The van der Waals surface area contributed by atoms with Crippen molar-refractivity contribution >= 4 is 29.5 Å². The summed E-state index contributed by atoms with van der Waals surface area (Å²) in [6.45, 7) is 0.363. The number of ether oxygens (including phenoxy) is 1. The van der Waals surface area contributed by atoms with Gasteiger partial charge in [-0.2, -0.15) is 6.20 Å². The van der Waals surface area contributed by atoms with Crippen molar-refractivity contribution in [1.82, 2.24) is 9.97 Å². The third-order valence-corrected chi connectivity index (χ3v) is 12.1. The lowest BCUT2D eigenvalue weighted by Gasteiger charge is -2.37. The molecule has 3 atom stereocenters. The van der Waals surface area contributed by atoms with E-state index in [4.69, 9.17) is 15.0 Å². The Hall–Kier alpha value is -5.80. The number of phenols is 2. The summed E-state index contributed by atoms with van der Waals surface area (Å²) in [5.74, 6) is 0.518. The van der Waals surface area contributed by atoms with Crippen LogP contribution in [0.5, 0.6) is 17.2 Å². The molecular formula is C48H49N3O6-2. The number of methoxy groups -OCH3 is 1. The summed E-state index contributed by atoms with van der Waals surface area (Å²) in [7, 11) is 1.52. The van der Waals surface area contributed by atoms with Crippen molar-refractivity contribution in [1.29, 1.82) is 0 Å². The molecule has 8 rings (SSSR count). The highest BCUT2D eigenvalue weighted by molar-refractivity contribution is 6.02. The number of Topliss-reactive ketones (excluding diaryl/α,β-unsaturated/α-hetero) is 2. The molecule has 57 heavy (non-hydrogen) atoms. The highest BCUT2D eigenvalue weighted by Gasteiger charge is 2.37. The Morgan fingerprint density at radius 1 is 0.895 bits per heavy atom. The van der Waals surface area contributed by atoms with E-state index in [1.165, 1.54) is 7.11 Å². The molecule has 0 radical (unpaired) electrons. The zero-order valence-electron chi connectivity index (χ0n) is 32.3. The van der Waals surface area contributed by atoms with Crippen LogP contribution < -0.4 is 9.72 Å². The molecule has 9 nitrogen and oxygen atoms in total. The van der Waals surface area contributed by atoms with Crippen molar-refractivity contribution in [3.8, 4) is 17.2 Å². The zero-order valence-corrected chi connectivity index (χ0v) is 32.3. The van der Waals surface area contributed by atoms with Crippen molar-refractivity contribution in [3.05, 3.63) is 146 Å². The average Bonchev–Trinajstić information content (AvgIpc) is 3.81. The molecule has 3 unspecified atom stereocenters. The Kier molecular flexibility index (Phi) is 11.2. The Morgan fingerprint density at radius 3 is 2.63 bits per heavy atom. The third-order valence-electron chi connectivity index (χ3n) is 12.1. The Bertz CT molecular complexity index is 2350. The second-order valence-corrected chi connectivity index (χ2v) is 15.8. The molecule has 0 fully saturated rings. The number of hydrogen-bond donors (Lipinski definition) is 4. The summed E-state index contributed by atoms with van der Waals surface area (Å²) in [5, 5.41) is 36.6. The Labute approximate surface area is 333 Å². The van der Waals surface area contributed by atoms with Crippen molar-refractivity contribution < 1.29 is 29.6 Å². The van der Waals surface area contributed by atoms with E-state index in [1.807, 2.05) is 42.6 Å². The minimum Gasteiger partial charge on any atom is -0.664 e. The van der Waals surface area contributed by atoms with Crippen LogP contribution in [0.25, 0.3) is 17.5 Å². The molecule has 0 saturated heterocycles. The number of aliphatic hydroxyl groups is 1. The van der Waals surface area contributed by atoms with Crippen LogP contribution in [-0.2, 0) is 41.7 Å². The number of aliphatic hydroxyl groups excluding tert-OH is 1. The van der Waals surface area contributed by atoms with Crippen LogP contribution in [0.15, 0.2) is 84.7 Å². The van der Waals surface area contributed by atoms with Crippen LogP contribution in [0.1, 0.15) is 93.8 Å². The molecule has 1 aliphatic heterocycles. The van der Waals surface area contributed by atoms with Crippen LogP contribution in [0, 0.1) is 11.8 Å². The van der Waals surface area contributed by atoms with Gasteiger partial charge in [-0.05, 0) is 109 Å². The molecule has 0 spiro atoms. The first kappa shape index (κ1) is 38.1. The van der Waals surface area contributed by atoms with E-state index < -0.39 is 5.92 Å². The van der Waals surface area contributed by atoms with Gasteiger partial charge in [-0.25, -0.2) is 0 Å². The number of fused-ring (bicyclic) bond motifs is 8. The molecule has 5 aromatic rings. The number of aromatic nitrogens is 2. The van der Waals surface area contributed by atoms with Crippen LogP contribution in [0.3, 0.4) is 0 Å². The maximum Gasteiger partial charge on any atom is 0.161 e. The number of aromatic hydroxyl groups is 2. The first-order valence-electron chi connectivity index (χ1n) is 20.1. The van der Waals surface area contributed by atoms with E-state index >= 15 is 0 Å². The molecule has 0 amide bonds. The van der Waals surface area contributed by atoms with Gasteiger partial charge in [-0.3, -0.25) is 9.59 Å². The monoisotopic (exact) mass is 763 g/mol. The number of nitrogens with one attached hydrogen (secondary N) is 1. The lowest BCUT2D eigenvalue weighted by molar-refractivity contribution is -0.129. The average molecular weight is 764 g/mol. The normalized spacial score (nSPS) is 19.7. The summed E-state index contributed by atoms with van der Waals surface area (Å²) < 4.78 is 5.58. The number of H-pyrrole nitrogens is 1. The Balaban J connectivity index is 1.16. The number of aryl methyl sites for hydroxylation is 3. The molecule has 294 valence electrons. The number of allylic oxidation sites excluding steroid dienone is 1. The summed E-state index contributed by atoms with van der Waals surface area (Å²) in [4.78, 5) is 36.5. The van der Waals surface area contributed by atoms with E-state index in [2.05, 4.69) is 35.3 Å². The Morgan fingerprint density at radius 2 is 1.77 bits per heavy atom. The minimum atomic E-state index is -0.565. The predicted octanol–water partition coefficient (Wildman–Crippen LogP) is 8.44. The molecule has 4 N–H and O–H groups in total. The third kappa shape index (κ3) is 8.21. The number of phenolic OH excluding ortho intramolecular Hbond substituents is 2. The van der Waals surface area contributed by atoms with Gasteiger partial charge >= 0.3 is 0 Å². The number of carbonyl (C=O) groups is 2. The second kappa shape index (κ2) is 16.7. The maximum absolute atomic E-state index is 14.7. The van der Waals surface area contributed by atoms with E-state index in [0.717, 1.165) is 80.9 Å². The largest absolute Gasteiger partial charge is 0.664 e. The molecule has 3 heterocycles. The van der Waals surface area contributed by atoms with Gasteiger partial charge in [0.25, 0.3) is 0 Å². The van der Waals surface area contributed by atoms with Gasteiger partial charge in [0, 0.05) is 36.5 Å². The molecule has 3 aromatic carbocycles. The topological polar surface area (TPSA) is 148 Å². The number of ketones is 2. The van der Waals surface area contributed by atoms with Gasteiger partial charge in [0.2, 0.25) is 0 Å². The lowest BCUT2D eigenvalue weighted by Crippen LogP contribution is -2.31. The molecule has 4 bridgehead atoms. The zero-order chi connectivity index (χ0) is 39.5. The van der Waals surface area contributed by atoms with E-state index in [0.29, 0.717) is 43.4 Å². The summed E-state index contributed by atoms with van der Waals surface area (Å²) in [5.41, 5.74) is 10.5.